The Hall–Kier alpha value is -3.80. The van der Waals surface area contributed by atoms with Crippen LogP contribution in [-0.2, 0) is 16.1 Å². The van der Waals surface area contributed by atoms with Crippen molar-refractivity contribution in [3.63, 3.8) is 0 Å². The number of esters is 1. The van der Waals surface area contributed by atoms with E-state index in [2.05, 4.69) is 0 Å². The summed E-state index contributed by atoms with van der Waals surface area (Å²) in [7, 11) is 1.57. The van der Waals surface area contributed by atoms with E-state index in [1.165, 1.54) is 29.2 Å². The number of benzene rings is 3. The molecule has 5 nitrogen and oxygen atoms in total. The summed E-state index contributed by atoms with van der Waals surface area (Å²) >= 11 is 0. The van der Waals surface area contributed by atoms with Crippen LogP contribution in [0.2, 0.25) is 0 Å². The molecule has 6 heteroatoms. The van der Waals surface area contributed by atoms with Gasteiger partial charge in [-0.15, -0.1) is 0 Å². The minimum Gasteiger partial charge on any atom is -0.452 e. The molecule has 0 aliphatic rings. The molecule has 0 aromatic heterocycles. The number of hydrogen-bond donors (Lipinski definition) is 0. The average molecular weight is 405 g/mol. The molecule has 0 fully saturated rings. The summed E-state index contributed by atoms with van der Waals surface area (Å²) in [5.41, 5.74) is 2.02. The fourth-order valence-electron chi connectivity index (χ4n) is 2.79. The molecule has 1 amide bonds. The van der Waals surface area contributed by atoms with E-state index in [0.717, 1.165) is 5.56 Å². The number of ketones is 1. The molecule has 0 heterocycles. The standard InChI is InChI=1S/C24H20FNO4/c1-26(15-17-7-13-21(25)14-8-17)22(27)16-30-24(29)20-11-9-19(10-12-20)23(28)18-5-3-2-4-6-18/h2-14H,15-16H2,1H3. The largest absolute Gasteiger partial charge is 0.452 e. The highest BCUT2D eigenvalue weighted by Crippen LogP contribution is 2.12. The fraction of sp³-hybridized carbons (Fsp3) is 0.125. The lowest BCUT2D eigenvalue weighted by atomic mass is 10.0. The third-order valence-corrected chi connectivity index (χ3v) is 4.50. The van der Waals surface area contributed by atoms with Gasteiger partial charge in [0, 0.05) is 24.7 Å². The number of halogens is 1. The van der Waals surface area contributed by atoms with Crippen LogP contribution in [0.25, 0.3) is 0 Å². The minimum atomic E-state index is -0.655. The number of carbonyl (C=O) groups is 3. The molecule has 0 unspecified atom stereocenters. The smallest absolute Gasteiger partial charge is 0.338 e. The van der Waals surface area contributed by atoms with E-state index >= 15 is 0 Å². The molecule has 30 heavy (non-hydrogen) atoms. The molecular formula is C24H20FNO4. The summed E-state index contributed by atoms with van der Waals surface area (Å²) < 4.78 is 18.0. The molecule has 152 valence electrons. The average Bonchev–Trinajstić information content (AvgIpc) is 2.79. The van der Waals surface area contributed by atoms with E-state index in [1.54, 1.807) is 55.6 Å². The maximum Gasteiger partial charge on any atom is 0.338 e. The van der Waals surface area contributed by atoms with Gasteiger partial charge < -0.3 is 9.64 Å². The molecule has 0 radical (unpaired) electrons. The van der Waals surface area contributed by atoms with Gasteiger partial charge in [-0.1, -0.05) is 54.6 Å². The van der Waals surface area contributed by atoms with Crippen LogP contribution in [0.4, 0.5) is 4.39 Å². The molecule has 0 saturated heterocycles. The van der Waals surface area contributed by atoms with Gasteiger partial charge in [0.15, 0.2) is 12.4 Å². The Labute approximate surface area is 173 Å². The second-order valence-corrected chi connectivity index (χ2v) is 6.72. The molecule has 0 spiro atoms. The second-order valence-electron chi connectivity index (χ2n) is 6.72. The third-order valence-electron chi connectivity index (χ3n) is 4.50. The van der Waals surface area contributed by atoms with E-state index in [1.807, 2.05) is 6.07 Å². The Morgan fingerprint density at radius 3 is 2.00 bits per heavy atom. The Kier molecular flexibility index (Phi) is 6.70. The zero-order valence-electron chi connectivity index (χ0n) is 16.4. The van der Waals surface area contributed by atoms with Gasteiger partial charge in [-0.25, -0.2) is 9.18 Å². The third kappa shape index (κ3) is 5.38. The molecule has 0 N–H and O–H groups in total. The van der Waals surface area contributed by atoms with Gasteiger partial charge in [0.05, 0.1) is 5.56 Å². The molecule has 3 aromatic rings. The van der Waals surface area contributed by atoms with E-state index in [9.17, 15) is 18.8 Å². The molecule has 0 bridgehead atoms. The first-order chi connectivity index (χ1) is 14.4. The first kappa shape index (κ1) is 20.9. The molecule has 3 rings (SSSR count). The van der Waals surface area contributed by atoms with Crippen molar-refractivity contribution in [2.24, 2.45) is 0 Å². The van der Waals surface area contributed by atoms with Crippen molar-refractivity contribution in [3.8, 4) is 0 Å². The van der Waals surface area contributed by atoms with Crippen LogP contribution < -0.4 is 0 Å². The fourth-order valence-corrected chi connectivity index (χ4v) is 2.79. The SMILES string of the molecule is CN(Cc1ccc(F)cc1)C(=O)COC(=O)c1ccc(C(=O)c2ccccc2)cc1. The predicted molar refractivity (Wildman–Crippen MR) is 109 cm³/mol. The highest BCUT2D eigenvalue weighted by atomic mass is 19.1. The Balaban J connectivity index is 1.53. The molecule has 0 aliphatic heterocycles. The lowest BCUT2D eigenvalue weighted by Crippen LogP contribution is -2.30. The van der Waals surface area contributed by atoms with Crippen LogP contribution >= 0.6 is 0 Å². The first-order valence-corrected chi connectivity index (χ1v) is 9.29. The quantitative estimate of drug-likeness (QED) is 0.442. The van der Waals surface area contributed by atoms with Crippen molar-refractivity contribution in [1.82, 2.24) is 4.90 Å². The maximum absolute atomic E-state index is 13.0. The Bertz CT molecular complexity index is 1030. The topological polar surface area (TPSA) is 63.7 Å². The lowest BCUT2D eigenvalue weighted by molar-refractivity contribution is -0.133. The van der Waals surface area contributed by atoms with Gasteiger partial charge in [0.1, 0.15) is 5.82 Å². The first-order valence-electron chi connectivity index (χ1n) is 9.29. The van der Waals surface area contributed by atoms with Crippen LogP contribution in [0, 0.1) is 5.82 Å². The van der Waals surface area contributed by atoms with Crippen molar-refractivity contribution < 1.29 is 23.5 Å². The summed E-state index contributed by atoms with van der Waals surface area (Å²) in [6.07, 6.45) is 0. The zero-order valence-corrected chi connectivity index (χ0v) is 16.4. The van der Waals surface area contributed by atoms with E-state index in [4.69, 9.17) is 4.74 Å². The van der Waals surface area contributed by atoms with Crippen molar-refractivity contribution in [3.05, 3.63) is 107 Å². The summed E-state index contributed by atoms with van der Waals surface area (Å²) in [5.74, 6) is -1.54. The maximum atomic E-state index is 13.0. The molecule has 3 aromatic carbocycles. The van der Waals surface area contributed by atoms with Gasteiger partial charge in [-0.3, -0.25) is 9.59 Å². The minimum absolute atomic E-state index is 0.145. The van der Waals surface area contributed by atoms with Crippen molar-refractivity contribution >= 4 is 17.7 Å². The summed E-state index contributed by atoms with van der Waals surface area (Å²) in [6, 6.07) is 20.7. The van der Waals surface area contributed by atoms with E-state index < -0.39 is 12.6 Å². The van der Waals surface area contributed by atoms with E-state index in [-0.39, 0.29) is 29.6 Å². The van der Waals surface area contributed by atoms with Crippen LogP contribution in [0.3, 0.4) is 0 Å². The van der Waals surface area contributed by atoms with E-state index in [0.29, 0.717) is 11.1 Å². The van der Waals surface area contributed by atoms with Crippen LogP contribution in [0.1, 0.15) is 31.8 Å². The van der Waals surface area contributed by atoms with Crippen LogP contribution in [-0.4, -0.2) is 36.2 Å². The second kappa shape index (κ2) is 9.60. The molecule has 0 aliphatic carbocycles. The van der Waals surface area contributed by atoms with Crippen LogP contribution in [0.5, 0.6) is 0 Å². The van der Waals surface area contributed by atoms with Crippen molar-refractivity contribution in [2.45, 2.75) is 6.54 Å². The lowest BCUT2D eigenvalue weighted by Gasteiger charge is -2.17. The van der Waals surface area contributed by atoms with Crippen LogP contribution in [0.15, 0.2) is 78.9 Å². The van der Waals surface area contributed by atoms with Gasteiger partial charge in [0.25, 0.3) is 5.91 Å². The summed E-state index contributed by atoms with van der Waals surface area (Å²) in [6.45, 7) is -0.145. The van der Waals surface area contributed by atoms with Gasteiger partial charge in [-0.2, -0.15) is 0 Å². The van der Waals surface area contributed by atoms with Crippen molar-refractivity contribution in [2.75, 3.05) is 13.7 Å². The Morgan fingerprint density at radius 2 is 1.37 bits per heavy atom. The van der Waals surface area contributed by atoms with Crippen molar-refractivity contribution in [1.29, 1.82) is 0 Å². The van der Waals surface area contributed by atoms with Gasteiger partial charge >= 0.3 is 5.97 Å². The highest BCUT2D eigenvalue weighted by Gasteiger charge is 2.15. The Morgan fingerprint density at radius 1 is 0.800 bits per heavy atom. The number of ether oxygens (including phenoxy) is 1. The molecule has 0 saturated carbocycles. The number of likely N-dealkylation sites (N-methyl/N-ethyl adjacent to an activating group) is 1. The van der Waals surface area contributed by atoms with Gasteiger partial charge in [-0.05, 0) is 29.8 Å². The monoisotopic (exact) mass is 405 g/mol. The normalized spacial score (nSPS) is 10.3. The number of carbonyl (C=O) groups excluding carboxylic acids is 3. The van der Waals surface area contributed by atoms with Gasteiger partial charge in [0.2, 0.25) is 0 Å². The summed E-state index contributed by atoms with van der Waals surface area (Å²) in [4.78, 5) is 38.2. The number of amides is 1. The summed E-state index contributed by atoms with van der Waals surface area (Å²) in [5, 5.41) is 0. The number of hydrogen-bond acceptors (Lipinski definition) is 4. The number of nitrogens with zero attached hydrogens (tertiary/aromatic N) is 1. The predicted octanol–water partition coefficient (Wildman–Crippen LogP) is 3.87. The molecular weight excluding hydrogens is 385 g/mol. The zero-order chi connectivity index (χ0) is 21.5. The number of rotatable bonds is 7. The highest BCUT2D eigenvalue weighted by molar-refractivity contribution is 6.09. The molecule has 0 atom stereocenters.